The fraction of sp³-hybridized carbons (Fsp3) is 0. The fourth-order valence-electron chi connectivity index (χ4n) is 1.80. The second-order valence-electron chi connectivity index (χ2n) is 4.17. The van der Waals surface area contributed by atoms with Crippen molar-refractivity contribution in [2.24, 2.45) is 0 Å². The van der Waals surface area contributed by atoms with Crippen molar-refractivity contribution in [1.82, 2.24) is 10.1 Å². The van der Waals surface area contributed by atoms with E-state index in [1.165, 1.54) is 18.2 Å². The number of phenolic OH excluding ortho intramolecular Hbond substituents is 2. The number of hydrogen-bond acceptors (Lipinski definition) is 5. The molecule has 0 saturated heterocycles. The molecule has 3 aromatic rings. The average Bonchev–Trinajstić information content (AvgIpc) is 2.87. The molecule has 0 radical (unpaired) electrons. The Kier molecular flexibility index (Phi) is 3.04. The van der Waals surface area contributed by atoms with E-state index in [1.807, 2.05) is 0 Å². The third-order valence-corrected chi connectivity index (χ3v) is 2.89. The van der Waals surface area contributed by atoms with E-state index in [0.717, 1.165) is 5.56 Å². The molecule has 0 bridgehead atoms. The van der Waals surface area contributed by atoms with E-state index in [0.29, 0.717) is 16.4 Å². The number of rotatable bonds is 2. The minimum absolute atomic E-state index is 0.0810. The maximum absolute atomic E-state index is 9.45. The van der Waals surface area contributed by atoms with E-state index >= 15 is 0 Å². The minimum Gasteiger partial charge on any atom is -0.508 e. The predicted molar refractivity (Wildman–Crippen MR) is 73.5 cm³/mol. The van der Waals surface area contributed by atoms with Crippen molar-refractivity contribution in [2.75, 3.05) is 0 Å². The topological polar surface area (TPSA) is 79.4 Å². The van der Waals surface area contributed by atoms with E-state index in [4.69, 9.17) is 16.1 Å². The second kappa shape index (κ2) is 4.86. The summed E-state index contributed by atoms with van der Waals surface area (Å²) in [6.45, 7) is 0. The van der Waals surface area contributed by atoms with Crippen LogP contribution in [0.25, 0.3) is 22.8 Å². The highest BCUT2D eigenvalue weighted by Gasteiger charge is 2.12. The second-order valence-corrected chi connectivity index (χ2v) is 4.61. The zero-order valence-electron chi connectivity index (χ0n) is 10.1. The molecule has 20 heavy (non-hydrogen) atoms. The number of hydrogen-bond donors (Lipinski definition) is 2. The van der Waals surface area contributed by atoms with Crippen molar-refractivity contribution in [2.45, 2.75) is 0 Å². The van der Waals surface area contributed by atoms with Crippen LogP contribution in [0.4, 0.5) is 0 Å². The normalized spacial score (nSPS) is 10.7. The monoisotopic (exact) mass is 288 g/mol. The molecule has 0 aliphatic heterocycles. The third kappa shape index (κ3) is 2.44. The highest BCUT2D eigenvalue weighted by Crippen LogP contribution is 2.29. The van der Waals surface area contributed by atoms with Gasteiger partial charge in [0.05, 0.1) is 0 Å². The Morgan fingerprint density at radius 2 is 1.70 bits per heavy atom. The molecule has 0 saturated carbocycles. The van der Waals surface area contributed by atoms with Gasteiger partial charge >= 0.3 is 0 Å². The molecule has 0 fully saturated rings. The maximum Gasteiger partial charge on any atom is 0.258 e. The van der Waals surface area contributed by atoms with Gasteiger partial charge in [0.2, 0.25) is 5.82 Å². The van der Waals surface area contributed by atoms with E-state index in [-0.39, 0.29) is 17.4 Å². The van der Waals surface area contributed by atoms with E-state index < -0.39 is 0 Å². The summed E-state index contributed by atoms with van der Waals surface area (Å²) < 4.78 is 5.13. The van der Waals surface area contributed by atoms with Gasteiger partial charge in [0.15, 0.2) is 0 Å². The first-order chi connectivity index (χ1) is 9.61. The summed E-state index contributed by atoms with van der Waals surface area (Å²) in [7, 11) is 0. The van der Waals surface area contributed by atoms with Gasteiger partial charge in [0.25, 0.3) is 5.89 Å². The van der Waals surface area contributed by atoms with Crippen molar-refractivity contribution < 1.29 is 14.7 Å². The van der Waals surface area contributed by atoms with Crippen LogP contribution in [0.15, 0.2) is 47.0 Å². The molecule has 3 rings (SSSR count). The van der Waals surface area contributed by atoms with Crippen LogP contribution in [0.5, 0.6) is 11.5 Å². The molecule has 0 spiro atoms. The zero-order chi connectivity index (χ0) is 14.1. The van der Waals surface area contributed by atoms with Crippen molar-refractivity contribution >= 4 is 11.6 Å². The molecule has 2 aromatic carbocycles. The van der Waals surface area contributed by atoms with Crippen LogP contribution in [-0.4, -0.2) is 20.4 Å². The van der Waals surface area contributed by atoms with Crippen LogP contribution in [0.2, 0.25) is 5.02 Å². The molecule has 0 aliphatic rings. The van der Waals surface area contributed by atoms with E-state index in [2.05, 4.69) is 10.1 Å². The Labute approximate surface area is 119 Å². The lowest BCUT2D eigenvalue weighted by atomic mass is 10.2. The first kappa shape index (κ1) is 12.5. The number of benzene rings is 2. The van der Waals surface area contributed by atoms with Gasteiger partial charge in [0, 0.05) is 22.2 Å². The number of halogens is 1. The van der Waals surface area contributed by atoms with Crippen molar-refractivity contribution in [3.8, 4) is 34.3 Å². The van der Waals surface area contributed by atoms with Gasteiger partial charge in [-0.25, -0.2) is 0 Å². The summed E-state index contributed by atoms with van der Waals surface area (Å²) in [6.07, 6.45) is 0. The van der Waals surface area contributed by atoms with Crippen LogP contribution in [0.3, 0.4) is 0 Å². The van der Waals surface area contributed by atoms with E-state index in [9.17, 15) is 10.2 Å². The molecule has 100 valence electrons. The van der Waals surface area contributed by atoms with Gasteiger partial charge < -0.3 is 14.7 Å². The molecule has 2 N–H and O–H groups in total. The number of nitrogens with zero attached hydrogens (tertiary/aromatic N) is 2. The molecule has 0 atom stereocenters. The zero-order valence-corrected chi connectivity index (χ0v) is 10.9. The maximum atomic E-state index is 9.45. The Hall–Kier alpha value is -2.53. The number of phenols is 2. The summed E-state index contributed by atoms with van der Waals surface area (Å²) in [5.74, 6) is 0.418. The summed E-state index contributed by atoms with van der Waals surface area (Å²) in [5, 5.41) is 23.3. The van der Waals surface area contributed by atoms with Crippen LogP contribution < -0.4 is 0 Å². The molecule has 0 aliphatic carbocycles. The van der Waals surface area contributed by atoms with Gasteiger partial charge in [-0.15, -0.1) is 0 Å². The lowest BCUT2D eigenvalue weighted by Crippen LogP contribution is -1.81. The predicted octanol–water partition coefficient (Wildman–Crippen LogP) is 3.47. The molecule has 6 heteroatoms. The lowest BCUT2D eigenvalue weighted by molar-refractivity contribution is 0.428. The van der Waals surface area contributed by atoms with Gasteiger partial charge in [-0.1, -0.05) is 28.9 Å². The van der Waals surface area contributed by atoms with Gasteiger partial charge in [-0.05, 0) is 24.3 Å². The molecule has 1 heterocycles. The summed E-state index contributed by atoms with van der Waals surface area (Å²) >= 11 is 5.91. The van der Waals surface area contributed by atoms with Crippen molar-refractivity contribution in [3.63, 3.8) is 0 Å². The third-order valence-electron chi connectivity index (χ3n) is 2.66. The van der Waals surface area contributed by atoms with Gasteiger partial charge in [0.1, 0.15) is 11.5 Å². The first-order valence-electron chi connectivity index (χ1n) is 5.75. The van der Waals surface area contributed by atoms with Gasteiger partial charge in [-0.3, -0.25) is 0 Å². The van der Waals surface area contributed by atoms with Gasteiger partial charge in [-0.2, -0.15) is 4.98 Å². The Bertz CT molecular complexity index is 750. The Morgan fingerprint density at radius 3 is 2.40 bits per heavy atom. The number of aromatic nitrogens is 2. The Morgan fingerprint density at radius 1 is 0.950 bits per heavy atom. The first-order valence-corrected chi connectivity index (χ1v) is 6.13. The fourth-order valence-corrected chi connectivity index (χ4v) is 1.99. The van der Waals surface area contributed by atoms with Crippen LogP contribution in [0, 0.1) is 0 Å². The highest BCUT2D eigenvalue weighted by molar-refractivity contribution is 6.30. The van der Waals surface area contributed by atoms with Crippen molar-refractivity contribution in [3.05, 3.63) is 47.5 Å². The number of aromatic hydroxyl groups is 2. The summed E-state index contributed by atoms with van der Waals surface area (Å²) in [6, 6.07) is 11.1. The average molecular weight is 289 g/mol. The molecule has 1 aromatic heterocycles. The largest absolute Gasteiger partial charge is 0.508 e. The lowest BCUT2D eigenvalue weighted by Gasteiger charge is -1.98. The standard InChI is InChI=1S/C14H9ClN2O3/c15-10-3-1-2-8(4-10)13-16-14(20-17-13)9-5-11(18)7-12(19)6-9/h1-7,18-19H. The van der Waals surface area contributed by atoms with Crippen LogP contribution >= 0.6 is 11.6 Å². The molecule has 0 amide bonds. The summed E-state index contributed by atoms with van der Waals surface area (Å²) in [5.41, 5.74) is 1.15. The molecular formula is C14H9ClN2O3. The SMILES string of the molecule is Oc1cc(O)cc(-c2nc(-c3cccc(Cl)c3)no2)c1. The van der Waals surface area contributed by atoms with Crippen LogP contribution in [-0.2, 0) is 0 Å². The minimum atomic E-state index is -0.0810. The van der Waals surface area contributed by atoms with Crippen LogP contribution in [0.1, 0.15) is 0 Å². The molecule has 5 nitrogen and oxygen atoms in total. The molecular weight excluding hydrogens is 280 g/mol. The molecule has 0 unspecified atom stereocenters. The quantitative estimate of drug-likeness (QED) is 0.755. The van der Waals surface area contributed by atoms with E-state index in [1.54, 1.807) is 24.3 Å². The summed E-state index contributed by atoms with van der Waals surface area (Å²) in [4.78, 5) is 4.22. The highest BCUT2D eigenvalue weighted by atomic mass is 35.5. The van der Waals surface area contributed by atoms with Crippen molar-refractivity contribution in [1.29, 1.82) is 0 Å². The smallest absolute Gasteiger partial charge is 0.258 e. The Balaban J connectivity index is 2.02.